The minimum atomic E-state index is 0.182. The lowest BCUT2D eigenvalue weighted by molar-refractivity contribution is 0.0921. The van der Waals surface area contributed by atoms with Gasteiger partial charge in [0.2, 0.25) is 0 Å². The minimum Gasteiger partial charge on any atom is -0.494 e. The van der Waals surface area contributed by atoms with E-state index >= 15 is 0 Å². The van der Waals surface area contributed by atoms with Crippen molar-refractivity contribution >= 4 is 5.78 Å². The number of piperidine rings is 1. The van der Waals surface area contributed by atoms with E-state index in [9.17, 15) is 4.79 Å². The van der Waals surface area contributed by atoms with E-state index in [1.54, 1.807) is 0 Å². The number of Topliss-reactive ketones (excluding diaryl/α,β-unsaturated/α-hetero) is 1. The monoisotopic (exact) mass is 392 g/mol. The number of rotatable bonds is 8. The van der Waals surface area contributed by atoms with E-state index in [-0.39, 0.29) is 5.78 Å². The summed E-state index contributed by atoms with van der Waals surface area (Å²) in [5.74, 6) is 1.04. The van der Waals surface area contributed by atoms with Gasteiger partial charge in [-0.25, -0.2) is 0 Å². The summed E-state index contributed by atoms with van der Waals surface area (Å²) in [4.78, 5) is 17.5. The molecule has 1 saturated heterocycles. The SMILES string of the molecule is O=C(CN1CCc2ccccc2C1)c1ccc(OCCCN2CCCCC2)cc1. The maximum absolute atomic E-state index is 12.7. The summed E-state index contributed by atoms with van der Waals surface area (Å²) in [5, 5.41) is 0. The van der Waals surface area contributed by atoms with Gasteiger partial charge in [0.15, 0.2) is 5.78 Å². The zero-order valence-corrected chi connectivity index (χ0v) is 17.3. The van der Waals surface area contributed by atoms with Crippen LogP contribution in [0.4, 0.5) is 0 Å². The molecule has 0 unspecified atom stereocenters. The number of nitrogens with zero attached hydrogens (tertiary/aromatic N) is 2. The van der Waals surface area contributed by atoms with Gasteiger partial charge in [-0.15, -0.1) is 0 Å². The number of benzene rings is 2. The summed E-state index contributed by atoms with van der Waals surface area (Å²) in [6.45, 7) is 6.61. The van der Waals surface area contributed by atoms with Crippen molar-refractivity contribution in [2.45, 2.75) is 38.6 Å². The Kier molecular flexibility index (Phi) is 6.96. The fourth-order valence-corrected chi connectivity index (χ4v) is 4.38. The lowest BCUT2D eigenvalue weighted by Gasteiger charge is -2.28. The Balaban J connectivity index is 1.21. The van der Waals surface area contributed by atoms with Crippen LogP contribution in [0.5, 0.6) is 5.75 Å². The zero-order chi connectivity index (χ0) is 19.9. The van der Waals surface area contributed by atoms with Gasteiger partial charge < -0.3 is 9.64 Å². The first-order valence-corrected chi connectivity index (χ1v) is 11.1. The number of likely N-dealkylation sites (tertiary alicyclic amines) is 1. The Morgan fingerprint density at radius 2 is 1.62 bits per heavy atom. The van der Waals surface area contributed by atoms with Gasteiger partial charge in [0.25, 0.3) is 0 Å². The van der Waals surface area contributed by atoms with Crippen LogP contribution in [0.1, 0.15) is 47.2 Å². The first-order chi connectivity index (χ1) is 14.3. The average Bonchev–Trinajstić information content (AvgIpc) is 2.78. The van der Waals surface area contributed by atoms with Crippen molar-refractivity contribution < 1.29 is 9.53 Å². The molecule has 4 heteroatoms. The smallest absolute Gasteiger partial charge is 0.176 e. The quantitative estimate of drug-likeness (QED) is 0.498. The van der Waals surface area contributed by atoms with Crippen LogP contribution in [-0.2, 0) is 13.0 Å². The lowest BCUT2D eigenvalue weighted by atomic mass is 9.99. The largest absolute Gasteiger partial charge is 0.494 e. The van der Waals surface area contributed by atoms with E-state index in [0.29, 0.717) is 6.54 Å². The molecule has 0 radical (unpaired) electrons. The summed E-state index contributed by atoms with van der Waals surface area (Å²) in [6, 6.07) is 16.2. The molecule has 0 spiro atoms. The molecule has 2 aromatic rings. The number of fused-ring (bicyclic) bond motifs is 1. The Bertz CT molecular complexity index is 797. The van der Waals surface area contributed by atoms with Crippen LogP contribution < -0.4 is 4.74 Å². The van der Waals surface area contributed by atoms with Crippen LogP contribution in [0.25, 0.3) is 0 Å². The maximum atomic E-state index is 12.7. The zero-order valence-electron chi connectivity index (χ0n) is 17.3. The Morgan fingerprint density at radius 1 is 0.862 bits per heavy atom. The molecule has 0 atom stereocenters. The predicted octanol–water partition coefficient (Wildman–Crippen LogP) is 4.18. The second kappa shape index (κ2) is 10.0. The lowest BCUT2D eigenvalue weighted by Crippen LogP contribution is -2.34. The first kappa shape index (κ1) is 20.1. The molecule has 4 rings (SSSR count). The fraction of sp³-hybridized carbons (Fsp3) is 0.480. The minimum absolute atomic E-state index is 0.182. The molecule has 2 aliphatic rings. The van der Waals surface area contributed by atoms with Crippen LogP contribution in [-0.4, -0.2) is 54.9 Å². The second-order valence-electron chi connectivity index (χ2n) is 8.28. The first-order valence-electron chi connectivity index (χ1n) is 11.1. The molecule has 0 amide bonds. The molecule has 0 N–H and O–H groups in total. The van der Waals surface area contributed by atoms with Gasteiger partial charge in [-0.2, -0.15) is 0 Å². The number of carbonyl (C=O) groups is 1. The Hall–Kier alpha value is -2.17. The van der Waals surface area contributed by atoms with Crippen molar-refractivity contribution in [2.75, 3.05) is 39.3 Å². The molecular formula is C25H32N2O2. The van der Waals surface area contributed by atoms with E-state index in [1.165, 1.54) is 43.5 Å². The van der Waals surface area contributed by atoms with E-state index < -0.39 is 0 Å². The molecule has 4 nitrogen and oxygen atoms in total. The van der Waals surface area contributed by atoms with Gasteiger partial charge in [-0.1, -0.05) is 30.7 Å². The molecule has 0 aromatic heterocycles. The van der Waals surface area contributed by atoms with E-state index in [4.69, 9.17) is 4.74 Å². The number of ether oxygens (including phenoxy) is 1. The van der Waals surface area contributed by atoms with Gasteiger partial charge in [0, 0.05) is 25.2 Å². The van der Waals surface area contributed by atoms with Gasteiger partial charge in [-0.05, 0) is 74.2 Å². The third-order valence-electron chi connectivity index (χ3n) is 6.09. The summed E-state index contributed by atoms with van der Waals surface area (Å²) in [6.07, 6.45) is 6.12. The standard InChI is InChI=1S/C25H32N2O2/c28-25(20-27-17-13-21-7-2-3-8-23(21)19-27)22-9-11-24(12-10-22)29-18-6-16-26-14-4-1-5-15-26/h2-3,7-12H,1,4-6,13-20H2. The van der Waals surface area contributed by atoms with Crippen molar-refractivity contribution in [3.05, 3.63) is 65.2 Å². The number of hydrogen-bond donors (Lipinski definition) is 0. The normalized spacial score (nSPS) is 17.7. The number of carbonyl (C=O) groups excluding carboxylic acids is 1. The summed E-state index contributed by atoms with van der Waals surface area (Å²) in [5.41, 5.74) is 3.53. The van der Waals surface area contributed by atoms with Crippen molar-refractivity contribution in [3.8, 4) is 5.75 Å². The highest BCUT2D eigenvalue weighted by atomic mass is 16.5. The molecule has 2 aliphatic heterocycles. The van der Waals surface area contributed by atoms with Crippen molar-refractivity contribution in [1.29, 1.82) is 0 Å². The van der Waals surface area contributed by atoms with Crippen LogP contribution in [0.15, 0.2) is 48.5 Å². The average molecular weight is 393 g/mol. The third kappa shape index (κ3) is 5.68. The van der Waals surface area contributed by atoms with E-state index in [0.717, 1.165) is 50.4 Å². The van der Waals surface area contributed by atoms with E-state index in [1.807, 2.05) is 24.3 Å². The van der Waals surface area contributed by atoms with Crippen molar-refractivity contribution in [3.63, 3.8) is 0 Å². The van der Waals surface area contributed by atoms with Crippen LogP contribution in [0.2, 0.25) is 0 Å². The maximum Gasteiger partial charge on any atom is 0.176 e. The molecule has 0 aliphatic carbocycles. The number of ketones is 1. The second-order valence-corrected chi connectivity index (χ2v) is 8.28. The third-order valence-corrected chi connectivity index (χ3v) is 6.09. The van der Waals surface area contributed by atoms with Crippen molar-refractivity contribution in [2.24, 2.45) is 0 Å². The molecule has 154 valence electrons. The van der Waals surface area contributed by atoms with Gasteiger partial charge in [-0.3, -0.25) is 9.69 Å². The van der Waals surface area contributed by atoms with Gasteiger partial charge in [0.1, 0.15) is 5.75 Å². The predicted molar refractivity (Wildman–Crippen MR) is 117 cm³/mol. The molecule has 2 aromatic carbocycles. The highest BCUT2D eigenvalue weighted by Crippen LogP contribution is 2.19. The Morgan fingerprint density at radius 3 is 2.41 bits per heavy atom. The number of hydrogen-bond acceptors (Lipinski definition) is 4. The molecular weight excluding hydrogens is 360 g/mol. The van der Waals surface area contributed by atoms with Gasteiger partial charge in [0.05, 0.1) is 13.2 Å². The summed E-state index contributed by atoms with van der Waals surface area (Å²) >= 11 is 0. The summed E-state index contributed by atoms with van der Waals surface area (Å²) in [7, 11) is 0. The van der Waals surface area contributed by atoms with E-state index in [2.05, 4.69) is 34.1 Å². The highest BCUT2D eigenvalue weighted by Gasteiger charge is 2.18. The highest BCUT2D eigenvalue weighted by molar-refractivity contribution is 5.97. The summed E-state index contributed by atoms with van der Waals surface area (Å²) < 4.78 is 5.87. The van der Waals surface area contributed by atoms with Gasteiger partial charge >= 0.3 is 0 Å². The molecule has 29 heavy (non-hydrogen) atoms. The molecule has 0 bridgehead atoms. The molecule has 0 saturated carbocycles. The Labute approximate surface area is 174 Å². The van der Waals surface area contributed by atoms with Crippen molar-refractivity contribution in [1.82, 2.24) is 9.80 Å². The van der Waals surface area contributed by atoms with Crippen LogP contribution >= 0.6 is 0 Å². The fourth-order valence-electron chi connectivity index (χ4n) is 4.38. The molecule has 2 heterocycles. The molecule has 1 fully saturated rings. The van der Waals surface area contributed by atoms with Crippen LogP contribution in [0.3, 0.4) is 0 Å². The van der Waals surface area contributed by atoms with Crippen LogP contribution in [0, 0.1) is 0 Å². The topological polar surface area (TPSA) is 32.8 Å².